The fraction of sp³-hybridized carbons (Fsp3) is 0.933. The molecule has 0 aromatic carbocycles. The third kappa shape index (κ3) is 11.4. The van der Waals surface area contributed by atoms with Crippen molar-refractivity contribution >= 4 is 29.9 Å². The normalized spacial score (nSPS) is 16.2. The van der Waals surface area contributed by atoms with Gasteiger partial charge < -0.3 is 20.1 Å². The second-order valence-electron chi connectivity index (χ2n) is 5.05. The zero-order chi connectivity index (χ0) is 15.2. The number of nitrogens with one attached hydrogen (secondary N) is 2. The van der Waals surface area contributed by atoms with Crippen molar-refractivity contribution in [1.82, 2.24) is 15.5 Å². The number of hydrogen-bond donors (Lipinski definition) is 2. The summed E-state index contributed by atoms with van der Waals surface area (Å²) in [5.41, 5.74) is 0. The predicted molar refractivity (Wildman–Crippen MR) is 102 cm³/mol. The van der Waals surface area contributed by atoms with Gasteiger partial charge in [0.15, 0.2) is 5.96 Å². The fourth-order valence-electron chi connectivity index (χ4n) is 2.15. The molecule has 0 radical (unpaired) electrons. The number of unbranched alkanes of at least 4 members (excludes halogenated alkanes) is 1. The van der Waals surface area contributed by atoms with E-state index in [4.69, 9.17) is 9.47 Å². The molecule has 132 valence electrons. The molecule has 0 aliphatic carbocycles. The van der Waals surface area contributed by atoms with E-state index >= 15 is 0 Å². The van der Waals surface area contributed by atoms with E-state index in [1.807, 2.05) is 6.92 Å². The topological polar surface area (TPSA) is 58.1 Å². The molecule has 1 rings (SSSR count). The van der Waals surface area contributed by atoms with E-state index in [2.05, 4.69) is 27.4 Å². The van der Waals surface area contributed by atoms with Crippen molar-refractivity contribution in [2.75, 3.05) is 65.7 Å². The van der Waals surface area contributed by atoms with Gasteiger partial charge in [0, 0.05) is 52.5 Å². The largest absolute Gasteiger partial charge is 0.382 e. The summed E-state index contributed by atoms with van der Waals surface area (Å²) in [6.07, 6.45) is 2.14. The first-order valence-corrected chi connectivity index (χ1v) is 8.26. The van der Waals surface area contributed by atoms with Crippen LogP contribution in [-0.2, 0) is 9.47 Å². The van der Waals surface area contributed by atoms with Crippen LogP contribution in [-0.4, -0.2) is 76.6 Å². The van der Waals surface area contributed by atoms with Crippen LogP contribution in [0.1, 0.15) is 26.7 Å². The van der Waals surface area contributed by atoms with Crippen LogP contribution in [0.5, 0.6) is 0 Å². The quantitative estimate of drug-likeness (QED) is 0.238. The van der Waals surface area contributed by atoms with Crippen molar-refractivity contribution in [3.63, 3.8) is 0 Å². The lowest BCUT2D eigenvalue weighted by molar-refractivity contribution is 0.0389. The Morgan fingerprint density at radius 3 is 2.64 bits per heavy atom. The number of morpholine rings is 1. The number of guanidine groups is 1. The summed E-state index contributed by atoms with van der Waals surface area (Å²) in [7, 11) is 0. The molecule has 1 saturated heterocycles. The number of rotatable bonds is 10. The molecule has 0 atom stereocenters. The average Bonchev–Trinajstić information content (AvgIpc) is 2.51. The minimum atomic E-state index is 0. The molecular formula is C15H33IN4O2. The van der Waals surface area contributed by atoms with Crippen LogP contribution in [0.15, 0.2) is 4.99 Å². The number of ether oxygens (including phenoxy) is 2. The molecular weight excluding hydrogens is 395 g/mol. The molecule has 0 saturated carbocycles. The van der Waals surface area contributed by atoms with E-state index in [9.17, 15) is 0 Å². The van der Waals surface area contributed by atoms with Gasteiger partial charge in [-0.15, -0.1) is 24.0 Å². The van der Waals surface area contributed by atoms with Gasteiger partial charge in [0.05, 0.1) is 13.2 Å². The second-order valence-corrected chi connectivity index (χ2v) is 5.05. The van der Waals surface area contributed by atoms with E-state index in [1.54, 1.807) is 0 Å². The zero-order valence-electron chi connectivity index (χ0n) is 14.1. The van der Waals surface area contributed by atoms with E-state index in [0.717, 1.165) is 84.5 Å². The van der Waals surface area contributed by atoms with Crippen LogP contribution < -0.4 is 10.6 Å². The Labute approximate surface area is 152 Å². The highest BCUT2D eigenvalue weighted by Crippen LogP contribution is 1.95. The summed E-state index contributed by atoms with van der Waals surface area (Å²) in [6, 6.07) is 0. The summed E-state index contributed by atoms with van der Waals surface area (Å²) in [4.78, 5) is 7.01. The van der Waals surface area contributed by atoms with Gasteiger partial charge in [-0.25, -0.2) is 0 Å². The lowest BCUT2D eigenvalue weighted by Crippen LogP contribution is -2.44. The highest BCUT2D eigenvalue weighted by molar-refractivity contribution is 14.0. The maximum atomic E-state index is 5.35. The standard InChI is InChI=1S/C15H32N4O2.HI/c1-3-16-15(17-7-5-6-12-20-4-2)18-8-9-19-10-13-21-14-11-19;/h3-14H2,1-2H3,(H2,16,17,18);1H. The molecule has 0 unspecified atom stereocenters. The molecule has 1 aliphatic heterocycles. The Kier molecular flexibility index (Phi) is 15.7. The van der Waals surface area contributed by atoms with Crippen molar-refractivity contribution in [2.45, 2.75) is 26.7 Å². The molecule has 0 spiro atoms. The van der Waals surface area contributed by atoms with Gasteiger partial charge in [0.2, 0.25) is 0 Å². The lowest BCUT2D eigenvalue weighted by Gasteiger charge is -2.26. The number of nitrogens with zero attached hydrogens (tertiary/aromatic N) is 2. The summed E-state index contributed by atoms with van der Waals surface area (Å²) in [6.45, 7) is 13.2. The van der Waals surface area contributed by atoms with Crippen molar-refractivity contribution in [3.8, 4) is 0 Å². The summed E-state index contributed by atoms with van der Waals surface area (Å²) < 4.78 is 10.7. The minimum absolute atomic E-state index is 0. The minimum Gasteiger partial charge on any atom is -0.382 e. The second kappa shape index (κ2) is 15.8. The van der Waals surface area contributed by atoms with Gasteiger partial charge in [-0.2, -0.15) is 0 Å². The number of halogens is 1. The van der Waals surface area contributed by atoms with Gasteiger partial charge >= 0.3 is 0 Å². The van der Waals surface area contributed by atoms with Crippen molar-refractivity contribution in [3.05, 3.63) is 0 Å². The Morgan fingerprint density at radius 2 is 1.95 bits per heavy atom. The number of aliphatic imine (C=N–C) groups is 1. The Hall–Kier alpha value is -0.120. The van der Waals surface area contributed by atoms with E-state index < -0.39 is 0 Å². The summed E-state index contributed by atoms with van der Waals surface area (Å²) >= 11 is 0. The average molecular weight is 428 g/mol. The smallest absolute Gasteiger partial charge is 0.191 e. The predicted octanol–water partition coefficient (Wildman–Crippen LogP) is 1.31. The van der Waals surface area contributed by atoms with Crippen LogP contribution in [0, 0.1) is 0 Å². The Balaban J connectivity index is 0.00000441. The molecule has 1 fully saturated rings. The highest BCUT2D eigenvalue weighted by atomic mass is 127. The van der Waals surface area contributed by atoms with E-state index in [-0.39, 0.29) is 24.0 Å². The molecule has 6 nitrogen and oxygen atoms in total. The lowest BCUT2D eigenvalue weighted by atomic mass is 10.3. The SMILES string of the molecule is CCNC(=NCCCCOCC)NCCN1CCOCC1.I. The molecule has 0 bridgehead atoms. The fourth-order valence-corrected chi connectivity index (χ4v) is 2.15. The van der Waals surface area contributed by atoms with Gasteiger partial charge in [0.1, 0.15) is 0 Å². The first-order chi connectivity index (χ1) is 10.4. The maximum absolute atomic E-state index is 5.35. The first kappa shape index (κ1) is 21.9. The van der Waals surface area contributed by atoms with E-state index in [0.29, 0.717) is 0 Å². The van der Waals surface area contributed by atoms with Crippen molar-refractivity contribution in [1.29, 1.82) is 0 Å². The molecule has 1 aliphatic rings. The molecule has 7 heteroatoms. The molecule has 22 heavy (non-hydrogen) atoms. The van der Waals surface area contributed by atoms with Gasteiger partial charge in [-0.3, -0.25) is 9.89 Å². The Morgan fingerprint density at radius 1 is 1.18 bits per heavy atom. The Bertz CT molecular complexity index is 274. The van der Waals surface area contributed by atoms with Crippen LogP contribution in [0.4, 0.5) is 0 Å². The number of hydrogen-bond acceptors (Lipinski definition) is 4. The molecule has 0 aromatic rings. The highest BCUT2D eigenvalue weighted by Gasteiger charge is 2.09. The molecule has 0 aromatic heterocycles. The molecule has 1 heterocycles. The third-order valence-corrected chi connectivity index (χ3v) is 3.34. The van der Waals surface area contributed by atoms with Gasteiger partial charge in [0.25, 0.3) is 0 Å². The summed E-state index contributed by atoms with van der Waals surface area (Å²) in [5.74, 6) is 0.919. The van der Waals surface area contributed by atoms with Crippen LogP contribution >= 0.6 is 24.0 Å². The van der Waals surface area contributed by atoms with Crippen molar-refractivity contribution < 1.29 is 9.47 Å². The van der Waals surface area contributed by atoms with Crippen LogP contribution in [0.25, 0.3) is 0 Å². The first-order valence-electron chi connectivity index (χ1n) is 8.26. The monoisotopic (exact) mass is 428 g/mol. The van der Waals surface area contributed by atoms with Crippen LogP contribution in [0.2, 0.25) is 0 Å². The maximum Gasteiger partial charge on any atom is 0.191 e. The molecule has 2 N–H and O–H groups in total. The van der Waals surface area contributed by atoms with Gasteiger partial charge in [-0.05, 0) is 26.7 Å². The third-order valence-electron chi connectivity index (χ3n) is 3.34. The summed E-state index contributed by atoms with van der Waals surface area (Å²) in [5, 5.41) is 6.68. The van der Waals surface area contributed by atoms with E-state index in [1.165, 1.54) is 0 Å². The van der Waals surface area contributed by atoms with Crippen LogP contribution in [0.3, 0.4) is 0 Å². The van der Waals surface area contributed by atoms with Gasteiger partial charge in [-0.1, -0.05) is 0 Å². The van der Waals surface area contributed by atoms with Crippen molar-refractivity contribution in [2.24, 2.45) is 4.99 Å². The molecule has 0 amide bonds. The zero-order valence-corrected chi connectivity index (χ0v) is 16.4.